The van der Waals surface area contributed by atoms with Crippen molar-refractivity contribution < 1.29 is 0 Å². The number of aryl methyl sites for hydroxylation is 1. The fourth-order valence-electron chi connectivity index (χ4n) is 4.07. The first-order valence-electron chi connectivity index (χ1n) is 10.5. The number of H-pyrrole nitrogens is 1. The summed E-state index contributed by atoms with van der Waals surface area (Å²) in [5.41, 5.74) is 3.86. The van der Waals surface area contributed by atoms with Crippen molar-refractivity contribution in [3.8, 4) is 0 Å². The summed E-state index contributed by atoms with van der Waals surface area (Å²) in [6, 6.07) is 9.07. The molecule has 1 aliphatic heterocycles. The second-order valence-electron chi connectivity index (χ2n) is 7.55. The van der Waals surface area contributed by atoms with Gasteiger partial charge in [-0.05, 0) is 57.7 Å². The molecule has 3 rings (SSSR count). The fraction of sp³-hybridized carbons (Fsp3) is 0.591. The van der Waals surface area contributed by atoms with Gasteiger partial charge in [0.05, 0.1) is 0 Å². The molecule has 156 valence electrons. The molecule has 0 saturated carbocycles. The third-order valence-corrected chi connectivity index (χ3v) is 5.47. The van der Waals surface area contributed by atoms with Crippen LogP contribution < -0.4 is 10.6 Å². The highest BCUT2D eigenvalue weighted by atomic mass is 127. The van der Waals surface area contributed by atoms with Crippen LogP contribution in [0.25, 0.3) is 10.9 Å². The lowest BCUT2D eigenvalue weighted by molar-refractivity contribution is 0.206. The van der Waals surface area contributed by atoms with Crippen LogP contribution in [0.4, 0.5) is 0 Å². The molecule has 3 N–H and O–H groups in total. The number of guanidine groups is 1. The average Bonchev–Trinajstić information content (AvgIpc) is 2.99. The van der Waals surface area contributed by atoms with Gasteiger partial charge in [-0.3, -0.25) is 4.99 Å². The van der Waals surface area contributed by atoms with E-state index in [0.717, 1.165) is 25.5 Å². The van der Waals surface area contributed by atoms with Crippen molar-refractivity contribution in [2.45, 2.75) is 52.5 Å². The highest BCUT2D eigenvalue weighted by Gasteiger charge is 2.19. The van der Waals surface area contributed by atoms with Gasteiger partial charge >= 0.3 is 0 Å². The molecule has 2 heterocycles. The van der Waals surface area contributed by atoms with Crippen LogP contribution in [0.1, 0.15) is 44.4 Å². The third-order valence-electron chi connectivity index (χ3n) is 5.47. The van der Waals surface area contributed by atoms with Gasteiger partial charge in [0.15, 0.2) is 5.96 Å². The number of piperidine rings is 1. The standard InChI is InChI=1S/C22H35N5.HI/c1-4-14-27-15-11-18(12-16-27)26-22(23-5-2)24-13-10-19-17(3)25-21-9-7-6-8-20(19)21;/h6-9,18,25H,4-5,10-16H2,1-3H3,(H2,23,24,26);1H. The van der Waals surface area contributed by atoms with Crippen molar-refractivity contribution in [1.29, 1.82) is 0 Å². The molecular weight excluding hydrogens is 461 g/mol. The second-order valence-corrected chi connectivity index (χ2v) is 7.55. The van der Waals surface area contributed by atoms with E-state index in [1.165, 1.54) is 61.1 Å². The van der Waals surface area contributed by atoms with Crippen LogP contribution in [0.3, 0.4) is 0 Å². The summed E-state index contributed by atoms with van der Waals surface area (Å²) in [6.07, 6.45) is 4.61. The van der Waals surface area contributed by atoms with Crippen molar-refractivity contribution in [2.75, 3.05) is 32.7 Å². The maximum absolute atomic E-state index is 4.85. The fourth-order valence-corrected chi connectivity index (χ4v) is 4.07. The number of nitrogens with one attached hydrogen (secondary N) is 3. The smallest absolute Gasteiger partial charge is 0.191 e. The molecule has 0 radical (unpaired) electrons. The number of aromatic nitrogens is 1. The van der Waals surface area contributed by atoms with Gasteiger partial charge < -0.3 is 20.5 Å². The topological polar surface area (TPSA) is 55.5 Å². The summed E-state index contributed by atoms with van der Waals surface area (Å²) in [6.45, 7) is 11.9. The number of nitrogens with zero attached hydrogens (tertiary/aromatic N) is 2. The Morgan fingerprint density at radius 1 is 1.21 bits per heavy atom. The Morgan fingerprint density at radius 3 is 2.68 bits per heavy atom. The van der Waals surface area contributed by atoms with Gasteiger partial charge in [-0.1, -0.05) is 25.1 Å². The van der Waals surface area contributed by atoms with Crippen LogP contribution in [0, 0.1) is 6.92 Å². The van der Waals surface area contributed by atoms with Gasteiger partial charge in [-0.15, -0.1) is 24.0 Å². The molecule has 0 amide bonds. The van der Waals surface area contributed by atoms with Gasteiger partial charge in [0.1, 0.15) is 0 Å². The van der Waals surface area contributed by atoms with Gasteiger partial charge in [-0.25, -0.2) is 0 Å². The normalized spacial score (nSPS) is 16.2. The van der Waals surface area contributed by atoms with E-state index in [-0.39, 0.29) is 24.0 Å². The van der Waals surface area contributed by atoms with Gasteiger partial charge in [0, 0.05) is 48.8 Å². The first kappa shape index (κ1) is 23.0. The van der Waals surface area contributed by atoms with E-state index in [2.05, 4.69) is 65.6 Å². The summed E-state index contributed by atoms with van der Waals surface area (Å²) in [4.78, 5) is 10.9. The van der Waals surface area contributed by atoms with Crippen LogP contribution in [0.2, 0.25) is 0 Å². The maximum atomic E-state index is 4.85. The summed E-state index contributed by atoms with van der Waals surface area (Å²) in [5, 5.41) is 8.40. The molecule has 0 atom stereocenters. The molecule has 6 heteroatoms. The van der Waals surface area contributed by atoms with Crippen molar-refractivity contribution >= 4 is 40.8 Å². The molecule has 0 unspecified atom stereocenters. The Bertz CT molecular complexity index is 746. The molecule has 2 aromatic rings. The molecule has 0 bridgehead atoms. The molecule has 1 fully saturated rings. The lowest BCUT2D eigenvalue weighted by atomic mass is 10.1. The minimum atomic E-state index is 0. The molecule has 0 spiro atoms. The van der Waals surface area contributed by atoms with Gasteiger partial charge in [0.2, 0.25) is 0 Å². The number of hydrogen-bond donors (Lipinski definition) is 3. The number of benzene rings is 1. The number of fused-ring (bicyclic) bond motifs is 1. The molecule has 1 saturated heterocycles. The van der Waals surface area contributed by atoms with E-state index < -0.39 is 0 Å². The number of aromatic amines is 1. The largest absolute Gasteiger partial charge is 0.358 e. The zero-order chi connectivity index (χ0) is 19.1. The summed E-state index contributed by atoms with van der Waals surface area (Å²) in [5.74, 6) is 0.962. The van der Waals surface area contributed by atoms with Crippen molar-refractivity contribution in [2.24, 2.45) is 4.99 Å². The van der Waals surface area contributed by atoms with E-state index in [4.69, 9.17) is 4.99 Å². The minimum absolute atomic E-state index is 0. The van der Waals surface area contributed by atoms with Crippen LogP contribution >= 0.6 is 24.0 Å². The summed E-state index contributed by atoms with van der Waals surface area (Å²) >= 11 is 0. The number of aliphatic imine (C=N–C) groups is 1. The molecule has 1 aliphatic rings. The van der Waals surface area contributed by atoms with Crippen molar-refractivity contribution in [3.05, 3.63) is 35.5 Å². The van der Waals surface area contributed by atoms with Crippen LogP contribution in [0.5, 0.6) is 0 Å². The van der Waals surface area contributed by atoms with E-state index in [1.54, 1.807) is 0 Å². The van der Waals surface area contributed by atoms with Crippen LogP contribution in [0.15, 0.2) is 29.3 Å². The first-order valence-corrected chi connectivity index (χ1v) is 10.5. The zero-order valence-electron chi connectivity index (χ0n) is 17.6. The summed E-state index contributed by atoms with van der Waals surface area (Å²) < 4.78 is 0. The SMILES string of the molecule is CCCN1CCC(NC(=NCCc2c(C)[nH]c3ccccc23)NCC)CC1.I. The molecule has 0 aliphatic carbocycles. The molecular formula is C22H36IN5. The number of rotatable bonds is 7. The van der Waals surface area contributed by atoms with E-state index >= 15 is 0 Å². The van der Waals surface area contributed by atoms with Crippen molar-refractivity contribution in [3.63, 3.8) is 0 Å². The Hall–Kier alpha value is -1.28. The highest BCUT2D eigenvalue weighted by molar-refractivity contribution is 14.0. The van der Waals surface area contributed by atoms with Gasteiger partial charge in [-0.2, -0.15) is 0 Å². The summed E-state index contributed by atoms with van der Waals surface area (Å²) in [7, 11) is 0. The Labute approximate surface area is 186 Å². The molecule has 5 nitrogen and oxygen atoms in total. The van der Waals surface area contributed by atoms with Gasteiger partial charge in [0.25, 0.3) is 0 Å². The first-order chi connectivity index (χ1) is 13.2. The van der Waals surface area contributed by atoms with Crippen molar-refractivity contribution in [1.82, 2.24) is 20.5 Å². The average molecular weight is 497 g/mol. The predicted octanol–water partition coefficient (Wildman–Crippen LogP) is 4.07. The molecule has 28 heavy (non-hydrogen) atoms. The second kappa shape index (κ2) is 11.7. The number of hydrogen-bond acceptors (Lipinski definition) is 2. The minimum Gasteiger partial charge on any atom is -0.358 e. The zero-order valence-corrected chi connectivity index (χ0v) is 19.9. The predicted molar refractivity (Wildman–Crippen MR) is 131 cm³/mol. The van der Waals surface area contributed by atoms with Crippen LogP contribution in [-0.2, 0) is 6.42 Å². The quantitative estimate of drug-likeness (QED) is 0.307. The third kappa shape index (κ3) is 6.11. The number of halogens is 1. The highest BCUT2D eigenvalue weighted by Crippen LogP contribution is 2.22. The Kier molecular flexibility index (Phi) is 9.58. The monoisotopic (exact) mass is 497 g/mol. The van der Waals surface area contributed by atoms with E-state index in [1.807, 2.05) is 0 Å². The molecule has 1 aromatic heterocycles. The number of para-hydroxylation sites is 1. The Morgan fingerprint density at radius 2 is 1.96 bits per heavy atom. The lowest BCUT2D eigenvalue weighted by Crippen LogP contribution is -2.48. The number of likely N-dealkylation sites (tertiary alicyclic amines) is 1. The Balaban J connectivity index is 0.00000280. The van der Waals surface area contributed by atoms with E-state index in [0.29, 0.717) is 6.04 Å². The lowest BCUT2D eigenvalue weighted by Gasteiger charge is -2.32. The molecule has 1 aromatic carbocycles. The maximum Gasteiger partial charge on any atom is 0.191 e. The van der Waals surface area contributed by atoms with E-state index in [9.17, 15) is 0 Å². The van der Waals surface area contributed by atoms with Crippen LogP contribution in [-0.4, -0.2) is 54.6 Å².